The molecule has 1 amide bonds. The molecular weight excluding hydrogens is 381 g/mol. The van der Waals surface area contributed by atoms with Gasteiger partial charge in [0.05, 0.1) is 16.9 Å². The lowest BCUT2D eigenvalue weighted by molar-refractivity contribution is -0.136. The second kappa shape index (κ2) is 7.63. The van der Waals surface area contributed by atoms with Crippen LogP contribution in [0.3, 0.4) is 0 Å². The van der Waals surface area contributed by atoms with E-state index in [1.807, 2.05) is 0 Å². The van der Waals surface area contributed by atoms with Crippen molar-refractivity contribution in [2.45, 2.75) is 6.18 Å². The molecule has 0 fully saturated rings. The summed E-state index contributed by atoms with van der Waals surface area (Å²) in [6, 6.07) is 9.95. The van der Waals surface area contributed by atoms with Crippen molar-refractivity contribution in [2.75, 3.05) is 10.6 Å². The zero-order valence-electron chi connectivity index (χ0n) is 14.0. The molecule has 4 nitrogen and oxygen atoms in total. The molecule has 0 saturated carbocycles. The number of hydrogen-bond acceptors (Lipinski definition) is 3. The lowest BCUT2D eigenvalue weighted by atomic mass is 10.1. The number of amides is 1. The van der Waals surface area contributed by atoms with Crippen molar-refractivity contribution >= 4 is 23.1 Å². The van der Waals surface area contributed by atoms with Gasteiger partial charge in [0.25, 0.3) is 5.91 Å². The van der Waals surface area contributed by atoms with Crippen LogP contribution in [0.2, 0.25) is 0 Å². The number of carbonyl (C=O) groups excluding carboxylic acids is 1. The van der Waals surface area contributed by atoms with E-state index in [9.17, 15) is 26.7 Å². The lowest BCUT2D eigenvalue weighted by Crippen LogP contribution is -2.16. The Bertz CT molecular complexity index is 1020. The van der Waals surface area contributed by atoms with Gasteiger partial charge in [-0.05, 0) is 36.4 Å². The van der Waals surface area contributed by atoms with Crippen LogP contribution >= 0.6 is 0 Å². The molecule has 3 aromatic rings. The molecule has 28 heavy (non-hydrogen) atoms. The lowest BCUT2D eigenvalue weighted by Gasteiger charge is -2.14. The number of hydrogen-bond donors (Lipinski definition) is 2. The molecule has 0 aliphatic heterocycles. The van der Waals surface area contributed by atoms with Crippen molar-refractivity contribution in [3.8, 4) is 0 Å². The quantitative estimate of drug-likeness (QED) is 0.586. The van der Waals surface area contributed by atoms with Crippen LogP contribution in [0.1, 0.15) is 15.9 Å². The summed E-state index contributed by atoms with van der Waals surface area (Å²) in [6.07, 6.45) is -3.40. The van der Waals surface area contributed by atoms with Crippen molar-refractivity contribution in [2.24, 2.45) is 0 Å². The van der Waals surface area contributed by atoms with Gasteiger partial charge in [0, 0.05) is 17.8 Å². The van der Waals surface area contributed by atoms with Crippen LogP contribution in [0.15, 0.2) is 60.8 Å². The molecule has 0 radical (unpaired) electrons. The third-order valence-electron chi connectivity index (χ3n) is 3.70. The van der Waals surface area contributed by atoms with Gasteiger partial charge in [-0.2, -0.15) is 13.2 Å². The van der Waals surface area contributed by atoms with E-state index in [0.29, 0.717) is 6.07 Å². The Morgan fingerprint density at radius 3 is 2.39 bits per heavy atom. The number of aromatic nitrogens is 1. The molecule has 2 aromatic carbocycles. The van der Waals surface area contributed by atoms with Gasteiger partial charge < -0.3 is 10.6 Å². The Balaban J connectivity index is 1.82. The van der Waals surface area contributed by atoms with E-state index >= 15 is 0 Å². The number of nitrogens with zero attached hydrogens (tertiary/aromatic N) is 1. The van der Waals surface area contributed by atoms with Gasteiger partial charge in [0.1, 0.15) is 17.5 Å². The topological polar surface area (TPSA) is 54.0 Å². The van der Waals surface area contributed by atoms with Gasteiger partial charge in [0.2, 0.25) is 0 Å². The average molecular weight is 393 g/mol. The highest BCUT2D eigenvalue weighted by atomic mass is 19.4. The molecule has 1 heterocycles. The molecule has 0 unspecified atom stereocenters. The van der Waals surface area contributed by atoms with Gasteiger partial charge in [-0.1, -0.05) is 12.1 Å². The van der Waals surface area contributed by atoms with Gasteiger partial charge in [-0.25, -0.2) is 13.8 Å². The number of rotatable bonds is 4. The maximum atomic E-state index is 13.7. The normalized spacial score (nSPS) is 11.2. The van der Waals surface area contributed by atoms with Crippen LogP contribution in [0, 0.1) is 11.6 Å². The second-order valence-corrected chi connectivity index (χ2v) is 5.68. The van der Waals surface area contributed by atoms with Crippen LogP contribution in [0.4, 0.5) is 39.1 Å². The summed E-state index contributed by atoms with van der Waals surface area (Å²) in [5.41, 5.74) is -1.45. The van der Waals surface area contributed by atoms with E-state index in [-0.39, 0.29) is 17.1 Å². The molecule has 144 valence electrons. The van der Waals surface area contributed by atoms with E-state index in [4.69, 9.17) is 0 Å². The predicted molar refractivity (Wildman–Crippen MR) is 93.3 cm³/mol. The van der Waals surface area contributed by atoms with Gasteiger partial charge >= 0.3 is 6.18 Å². The first-order valence-corrected chi connectivity index (χ1v) is 7.90. The number of anilines is 3. The zero-order valence-corrected chi connectivity index (χ0v) is 14.0. The summed E-state index contributed by atoms with van der Waals surface area (Å²) in [5, 5.41) is 4.79. The Hall–Kier alpha value is -3.49. The Labute approximate surface area is 156 Å². The number of para-hydroxylation sites is 1. The Morgan fingerprint density at radius 1 is 0.929 bits per heavy atom. The Kier molecular flexibility index (Phi) is 5.25. The van der Waals surface area contributed by atoms with Gasteiger partial charge in [0.15, 0.2) is 0 Å². The minimum absolute atomic E-state index is 0.00278. The van der Waals surface area contributed by atoms with Crippen LogP contribution in [0.5, 0.6) is 0 Å². The summed E-state index contributed by atoms with van der Waals surface area (Å²) in [5.74, 6) is -2.37. The average Bonchev–Trinajstić information content (AvgIpc) is 2.64. The molecule has 1 aromatic heterocycles. The maximum Gasteiger partial charge on any atom is 0.418 e. The fourth-order valence-electron chi connectivity index (χ4n) is 2.40. The molecule has 0 atom stereocenters. The molecule has 9 heteroatoms. The predicted octanol–water partition coefficient (Wildman–Crippen LogP) is 5.37. The minimum Gasteiger partial charge on any atom is -0.338 e. The van der Waals surface area contributed by atoms with Crippen molar-refractivity contribution in [1.29, 1.82) is 0 Å². The van der Waals surface area contributed by atoms with Crippen LogP contribution in [0.25, 0.3) is 0 Å². The second-order valence-electron chi connectivity index (χ2n) is 5.68. The van der Waals surface area contributed by atoms with E-state index in [1.54, 1.807) is 0 Å². The molecular formula is C19H12F5N3O. The third-order valence-corrected chi connectivity index (χ3v) is 3.70. The van der Waals surface area contributed by atoms with Crippen molar-refractivity contribution in [3.63, 3.8) is 0 Å². The summed E-state index contributed by atoms with van der Waals surface area (Å²) in [6.45, 7) is 0. The summed E-state index contributed by atoms with van der Waals surface area (Å²) < 4.78 is 65.8. The molecule has 2 N–H and O–H groups in total. The highest BCUT2D eigenvalue weighted by molar-refractivity contribution is 6.05. The van der Waals surface area contributed by atoms with Crippen molar-refractivity contribution in [3.05, 3.63) is 83.6 Å². The number of nitrogens with one attached hydrogen (secondary N) is 2. The fourth-order valence-corrected chi connectivity index (χ4v) is 2.40. The molecule has 0 aliphatic rings. The van der Waals surface area contributed by atoms with Gasteiger partial charge in [-0.15, -0.1) is 0 Å². The first-order chi connectivity index (χ1) is 13.2. The number of benzene rings is 2. The van der Waals surface area contributed by atoms with E-state index in [1.165, 1.54) is 30.5 Å². The SMILES string of the molecule is O=C(Nc1ccccc1C(F)(F)F)c1ccnc(Nc2ccc(F)cc2F)c1. The number of alkyl halides is 3. The maximum absolute atomic E-state index is 13.7. The summed E-state index contributed by atoms with van der Waals surface area (Å²) in [7, 11) is 0. The van der Waals surface area contributed by atoms with E-state index < -0.39 is 35.0 Å². The fraction of sp³-hybridized carbons (Fsp3) is 0.0526. The standard InChI is InChI=1S/C19H12F5N3O/c20-12-5-6-16(14(21)10-12)26-17-9-11(7-8-25-17)18(28)27-15-4-2-1-3-13(15)19(22,23)24/h1-10H,(H,25,26)(H,27,28). The Morgan fingerprint density at radius 2 is 1.68 bits per heavy atom. The zero-order chi connectivity index (χ0) is 20.3. The molecule has 0 aliphatic carbocycles. The van der Waals surface area contributed by atoms with Crippen LogP contribution in [-0.2, 0) is 6.18 Å². The molecule has 0 saturated heterocycles. The highest BCUT2D eigenvalue weighted by Crippen LogP contribution is 2.34. The number of carbonyl (C=O) groups is 1. The monoisotopic (exact) mass is 393 g/mol. The van der Waals surface area contributed by atoms with E-state index in [0.717, 1.165) is 24.3 Å². The first kappa shape index (κ1) is 19.3. The number of halogens is 5. The smallest absolute Gasteiger partial charge is 0.338 e. The van der Waals surface area contributed by atoms with Crippen molar-refractivity contribution in [1.82, 2.24) is 4.98 Å². The summed E-state index contributed by atoms with van der Waals surface area (Å²) in [4.78, 5) is 16.3. The van der Waals surface area contributed by atoms with Crippen molar-refractivity contribution < 1.29 is 26.7 Å². The minimum atomic E-state index is -4.63. The first-order valence-electron chi connectivity index (χ1n) is 7.90. The molecule has 0 bridgehead atoms. The summed E-state index contributed by atoms with van der Waals surface area (Å²) >= 11 is 0. The highest BCUT2D eigenvalue weighted by Gasteiger charge is 2.33. The van der Waals surface area contributed by atoms with Crippen LogP contribution in [-0.4, -0.2) is 10.9 Å². The van der Waals surface area contributed by atoms with Gasteiger partial charge in [-0.3, -0.25) is 4.79 Å². The van der Waals surface area contributed by atoms with E-state index in [2.05, 4.69) is 15.6 Å². The third kappa shape index (κ3) is 4.43. The largest absolute Gasteiger partial charge is 0.418 e. The molecule has 3 rings (SSSR count). The van der Waals surface area contributed by atoms with Crippen LogP contribution < -0.4 is 10.6 Å². The number of pyridine rings is 1. The molecule has 0 spiro atoms.